The molecule has 0 N–H and O–H groups in total. The van der Waals surface area contributed by atoms with Crippen LogP contribution in [0, 0.1) is 69.2 Å². The number of benzene rings is 2. The van der Waals surface area contributed by atoms with Gasteiger partial charge < -0.3 is 0 Å². The van der Waals surface area contributed by atoms with E-state index >= 15 is 0 Å². The summed E-state index contributed by atoms with van der Waals surface area (Å²) in [5, 5.41) is 0. The first-order valence-corrected chi connectivity index (χ1v) is 39.4. The fourth-order valence-corrected chi connectivity index (χ4v) is 5.80. The summed E-state index contributed by atoms with van der Waals surface area (Å²) in [7, 11) is 0. The number of nitrogens with zero attached hydrogens (tertiary/aromatic N) is 16. The number of aliphatic imine (C=N–C) groups is 3. The molecule has 0 unspecified atom stereocenters. The molecule has 606 valence electrons. The molecule has 16 heteroatoms. The molecule has 0 saturated heterocycles. The SMILES string of the molecule is CC.CC.CC.CC.CC.CC.CC.CC.CC.CC.CC.CC.CC1=CN=CC1.CC1=NC=CC1.Cc1ccc2c(c1)N=CC2.Cc1ccccc1.Cc1ccccn1.Cc1cccnc1.Cc1ccncc1.Cc1ccncn1.Cc1cnccn1.Cc1cnccn1.Cc1cncnc1.Cc1ncccn1. The number of aromatic nitrogens is 13. The number of pyridine rings is 3. The second kappa shape index (κ2) is 111. The summed E-state index contributed by atoms with van der Waals surface area (Å²) < 4.78 is 0. The Bertz CT molecular complexity index is 2770. The molecule has 0 spiro atoms. The van der Waals surface area contributed by atoms with E-state index in [9.17, 15) is 0 Å². The highest BCUT2D eigenvalue weighted by molar-refractivity contribution is 5.85. The van der Waals surface area contributed by atoms with Crippen LogP contribution in [-0.2, 0) is 6.42 Å². The van der Waals surface area contributed by atoms with Gasteiger partial charge in [0.05, 0.1) is 17.1 Å². The molecule has 8 aromatic heterocycles. The lowest BCUT2D eigenvalue weighted by Crippen LogP contribution is -1.80. The molecule has 16 nitrogen and oxygen atoms in total. The Morgan fingerprint density at radius 3 is 0.982 bits per heavy atom. The lowest BCUT2D eigenvalue weighted by atomic mass is 10.1. The summed E-state index contributed by atoms with van der Waals surface area (Å²) in [5.74, 6) is 0.822. The Labute approximate surface area is 669 Å². The molecule has 3 aliphatic heterocycles. The van der Waals surface area contributed by atoms with Gasteiger partial charge >= 0.3 is 0 Å². The summed E-state index contributed by atoms with van der Waals surface area (Å²) in [5.41, 5.74) is 15.3. The maximum atomic E-state index is 4.24. The van der Waals surface area contributed by atoms with Gasteiger partial charge in [-0.3, -0.25) is 49.9 Å². The highest BCUT2D eigenvalue weighted by Gasteiger charge is 2.04. The number of rotatable bonds is 0. The number of hydrogen-bond donors (Lipinski definition) is 0. The second-order valence-corrected chi connectivity index (χ2v) is 18.5. The van der Waals surface area contributed by atoms with Crippen LogP contribution in [0.4, 0.5) is 5.69 Å². The van der Waals surface area contributed by atoms with Crippen molar-refractivity contribution in [3.05, 3.63) is 301 Å². The van der Waals surface area contributed by atoms with E-state index < -0.39 is 0 Å². The Morgan fingerprint density at radius 2 is 0.734 bits per heavy atom. The first-order chi connectivity index (χ1) is 53.2. The van der Waals surface area contributed by atoms with Crippen LogP contribution >= 0.6 is 0 Å². The molecular formula is C93H154N16. The first kappa shape index (κ1) is 123. The topological polar surface area (TPSA) is 205 Å². The van der Waals surface area contributed by atoms with Crippen molar-refractivity contribution in [2.24, 2.45) is 15.0 Å². The maximum Gasteiger partial charge on any atom is 0.125 e. The fourth-order valence-electron chi connectivity index (χ4n) is 5.80. The van der Waals surface area contributed by atoms with E-state index in [0.717, 1.165) is 59.1 Å². The molecular weight excluding hydrogens is 1340 g/mol. The van der Waals surface area contributed by atoms with E-state index in [1.807, 2.05) is 326 Å². The lowest BCUT2D eigenvalue weighted by molar-refractivity contribution is 1.05. The van der Waals surface area contributed by atoms with Crippen LogP contribution in [-0.4, -0.2) is 82.9 Å². The number of hydrogen-bond acceptors (Lipinski definition) is 16. The fraction of sp³-hybridized carbons (Fsp3) is 0.419. The molecule has 0 radical (unpaired) electrons. The highest BCUT2D eigenvalue weighted by Crippen LogP contribution is 2.24. The van der Waals surface area contributed by atoms with Crippen molar-refractivity contribution in [1.29, 1.82) is 0 Å². The molecule has 0 fully saturated rings. The molecule has 109 heavy (non-hydrogen) atoms. The number of aryl methyl sites for hydroxylation is 10. The normalized spacial score (nSPS) is 8.99. The van der Waals surface area contributed by atoms with Crippen molar-refractivity contribution in [2.45, 2.75) is 269 Å². The predicted molar refractivity (Wildman–Crippen MR) is 485 cm³/mol. The van der Waals surface area contributed by atoms with Gasteiger partial charge in [-0.05, 0) is 165 Å². The van der Waals surface area contributed by atoms with E-state index in [1.165, 1.54) is 51.8 Å². The zero-order chi connectivity index (χ0) is 85.8. The van der Waals surface area contributed by atoms with Crippen LogP contribution in [0.2, 0.25) is 0 Å². The Balaban J connectivity index is -0.000000104. The quantitative estimate of drug-likeness (QED) is 0.139. The van der Waals surface area contributed by atoms with Crippen LogP contribution in [0.3, 0.4) is 0 Å². The average Bonchev–Trinajstić information content (AvgIpc) is 1.73. The van der Waals surface area contributed by atoms with Crippen LogP contribution in [0.1, 0.15) is 255 Å². The third kappa shape index (κ3) is 99.9. The van der Waals surface area contributed by atoms with E-state index in [-0.39, 0.29) is 0 Å². The predicted octanol–water partition coefficient (Wildman–Crippen LogP) is 27.4. The van der Waals surface area contributed by atoms with Crippen molar-refractivity contribution in [2.75, 3.05) is 0 Å². The first-order valence-electron chi connectivity index (χ1n) is 39.4. The molecule has 0 aliphatic carbocycles. The van der Waals surface area contributed by atoms with E-state index in [1.54, 1.807) is 99.0 Å². The summed E-state index contributed by atoms with van der Waals surface area (Å²) in [6.07, 6.45) is 43.6. The van der Waals surface area contributed by atoms with Gasteiger partial charge in [-0.15, -0.1) is 0 Å². The van der Waals surface area contributed by atoms with Crippen molar-refractivity contribution in [3.8, 4) is 0 Å². The Morgan fingerprint density at radius 1 is 0.275 bits per heavy atom. The van der Waals surface area contributed by atoms with E-state index in [4.69, 9.17) is 0 Å². The van der Waals surface area contributed by atoms with E-state index in [0.29, 0.717) is 0 Å². The van der Waals surface area contributed by atoms with Gasteiger partial charge in [-0.1, -0.05) is 232 Å². The van der Waals surface area contributed by atoms with Crippen molar-refractivity contribution >= 4 is 23.8 Å². The number of fused-ring (bicyclic) bond motifs is 1. The van der Waals surface area contributed by atoms with Gasteiger partial charge in [-0.25, -0.2) is 29.9 Å². The van der Waals surface area contributed by atoms with Crippen LogP contribution in [0.15, 0.2) is 254 Å². The summed E-state index contributed by atoms with van der Waals surface area (Å²) in [6, 6.07) is 34.1. The Hall–Kier alpha value is -10.2. The standard InChI is InChI=1S/C9H9N.C7H8.3C6H7N.5C5H6N2.2C5H7N.12C2H6/c1-7-2-3-8-4-5-10-9(8)6-7;1-7-5-3-2-4-6-7;1-6-2-4-7-5-3-6;1-6-3-2-4-7-5-6;1-6-4-2-3-5-7-6;1-5-2-6-4-7-3-5;2*1-5-4-6-2-3-7-5;1-5-2-3-6-4-7-5;1-5-6-3-2-4-7-5;1-5-2-3-6-4-5;1-5-3-2-4-6-5;12*1-2/h2-3,5-6H,4H2,1H3;2-6H,1H3;3*2-5H,1H3;5*2-4H,1H3;3-4H,2H2,1H3;2,4H,3H2,1H3;12*1-2H3. The van der Waals surface area contributed by atoms with Crippen molar-refractivity contribution in [3.63, 3.8) is 0 Å². The Kier molecular flexibility index (Phi) is 125. The minimum atomic E-state index is 0.822. The summed E-state index contributed by atoms with van der Waals surface area (Å²) >= 11 is 0. The molecule has 10 aromatic rings. The minimum absolute atomic E-state index is 0.822. The minimum Gasteiger partial charge on any atom is -0.269 e. The molecule has 0 atom stereocenters. The average molecular weight is 1500 g/mol. The van der Waals surface area contributed by atoms with Gasteiger partial charge in [0.15, 0.2) is 0 Å². The highest BCUT2D eigenvalue weighted by atomic mass is 14.8. The monoisotopic (exact) mass is 1500 g/mol. The summed E-state index contributed by atoms with van der Waals surface area (Å²) in [4.78, 5) is 62.2. The molecule has 0 saturated carbocycles. The largest absolute Gasteiger partial charge is 0.269 e. The lowest BCUT2D eigenvalue weighted by Gasteiger charge is -1.96. The van der Waals surface area contributed by atoms with Gasteiger partial charge in [0.1, 0.15) is 18.5 Å². The van der Waals surface area contributed by atoms with Crippen molar-refractivity contribution < 1.29 is 0 Å². The molecule has 2 aromatic carbocycles. The van der Waals surface area contributed by atoms with Gasteiger partial charge in [-0.2, -0.15) is 0 Å². The molecule has 11 heterocycles. The zero-order valence-electron chi connectivity index (χ0n) is 75.4. The van der Waals surface area contributed by atoms with Crippen molar-refractivity contribution in [1.82, 2.24) is 64.8 Å². The third-order valence-corrected chi connectivity index (χ3v) is 10.3. The number of allylic oxidation sites excluding steroid dienone is 2. The molecule has 3 aliphatic rings. The molecule has 0 amide bonds. The van der Waals surface area contributed by atoms with Gasteiger partial charge in [0.2, 0.25) is 0 Å². The zero-order valence-corrected chi connectivity index (χ0v) is 75.4. The van der Waals surface area contributed by atoms with Crippen LogP contribution in [0.25, 0.3) is 0 Å². The maximum absolute atomic E-state index is 4.24. The van der Waals surface area contributed by atoms with Crippen LogP contribution in [0.5, 0.6) is 0 Å². The van der Waals surface area contributed by atoms with Gasteiger partial charge in [0, 0.05) is 160 Å². The molecule has 13 rings (SSSR count). The molecule has 0 bridgehead atoms. The third-order valence-electron chi connectivity index (χ3n) is 10.3. The smallest absolute Gasteiger partial charge is 0.125 e. The second-order valence-electron chi connectivity index (χ2n) is 18.5. The van der Waals surface area contributed by atoms with E-state index in [2.05, 4.69) is 137 Å². The van der Waals surface area contributed by atoms with Gasteiger partial charge in [0.25, 0.3) is 0 Å². The summed E-state index contributed by atoms with van der Waals surface area (Å²) in [6.45, 7) is 71.9. The van der Waals surface area contributed by atoms with Crippen LogP contribution < -0.4 is 0 Å².